The Kier molecular flexibility index (Phi) is 4.76. The van der Waals surface area contributed by atoms with Crippen molar-refractivity contribution in [1.29, 1.82) is 0 Å². The molecule has 0 saturated heterocycles. The minimum absolute atomic E-state index is 1.64. The van der Waals surface area contributed by atoms with Crippen LogP contribution in [0.5, 0.6) is 0 Å². The lowest BCUT2D eigenvalue weighted by atomic mass is 9.24. The minimum Gasteiger partial charge on any atom is -0.375 e. The average Bonchev–Trinajstić information content (AvgIpc) is 1.61. The van der Waals surface area contributed by atoms with Gasteiger partial charge in [0, 0.05) is 0 Å². The second-order valence-electron chi connectivity index (χ2n) is 0.857. The van der Waals surface area contributed by atoms with Crippen molar-refractivity contribution in [2.45, 2.75) is 6.82 Å². The van der Waals surface area contributed by atoms with Crippen molar-refractivity contribution in [3.05, 3.63) is 0 Å². The first kappa shape index (κ1) is 5.86. The normalized spacial score (nSPS) is 6.17. The van der Waals surface area contributed by atoms with E-state index >= 15 is 0 Å². The van der Waals surface area contributed by atoms with Gasteiger partial charge in [0.05, 0.1) is 14.2 Å². The number of nitrogens with zero attached hydrogens (tertiary/aromatic N) is 1. The molecule has 0 amide bonds. The van der Waals surface area contributed by atoms with Crippen molar-refractivity contribution in [3.63, 3.8) is 0 Å². The maximum Gasteiger partial charge on any atom is 0.213 e. The van der Waals surface area contributed by atoms with Gasteiger partial charge < -0.3 is 4.90 Å². The van der Waals surface area contributed by atoms with E-state index in [-0.39, 0.29) is 0 Å². The van der Waals surface area contributed by atoms with Crippen LogP contribution in [-0.4, -0.2) is 28.3 Å². The van der Waals surface area contributed by atoms with Gasteiger partial charge in [0.1, 0.15) is 0 Å². The van der Waals surface area contributed by atoms with Gasteiger partial charge in [-0.2, -0.15) is 0 Å². The first-order valence-electron chi connectivity index (χ1n) is 1.82. The fraction of sp³-hybridized carbons (Fsp3) is 0.500. The molecule has 0 bridgehead atoms. The Bertz CT molecular complexity index is 37.8. The van der Waals surface area contributed by atoms with E-state index in [4.69, 9.17) is 0 Å². The molecule has 0 fully saturated rings. The predicted molar refractivity (Wildman–Crippen MR) is 32.7 cm³/mol. The Morgan fingerprint density at radius 1 is 1.67 bits per heavy atom. The van der Waals surface area contributed by atoms with Crippen LogP contribution in [0.15, 0.2) is 4.90 Å². The highest BCUT2D eigenvalue weighted by Crippen LogP contribution is 1.53. The van der Waals surface area contributed by atoms with Crippen molar-refractivity contribution in [2.75, 3.05) is 0 Å². The maximum atomic E-state index is 3.46. The van der Waals surface area contributed by atoms with E-state index in [1.807, 2.05) is 21.1 Å². The lowest BCUT2D eigenvalue weighted by Crippen LogP contribution is -2.05. The van der Waals surface area contributed by atoms with E-state index in [0.717, 1.165) is 0 Å². The van der Waals surface area contributed by atoms with E-state index in [9.17, 15) is 0 Å². The van der Waals surface area contributed by atoms with E-state index in [2.05, 4.69) is 11.6 Å². The summed E-state index contributed by atoms with van der Waals surface area (Å²) in [4.78, 5) is 3.46. The fourth-order valence-corrected chi connectivity index (χ4v) is 0.147. The summed E-state index contributed by atoms with van der Waals surface area (Å²) in [5.74, 6) is 0. The monoisotopic (exact) mass is 76.1 g/mol. The quantitative estimate of drug-likeness (QED) is 0.246. The highest BCUT2D eigenvalue weighted by Gasteiger charge is 1.81. The summed E-state index contributed by atoms with van der Waals surface area (Å²) in [6.45, 7) is 5.17. The smallest absolute Gasteiger partial charge is 0.213 e. The Labute approximate surface area is 40.9 Å². The lowest BCUT2D eigenvalue weighted by Gasteiger charge is -1.75. The molecule has 0 heterocycles. The molecular weight excluding hydrogens is 70.5 g/mol. The highest BCUT2D eigenvalue weighted by molar-refractivity contribution is 7.28. The molecule has 0 N–H and O–H groups in total. The summed E-state index contributed by atoms with van der Waals surface area (Å²) >= 11 is 0. The van der Waals surface area contributed by atoms with E-state index in [1.165, 1.54) is 0 Å². The van der Waals surface area contributed by atoms with Gasteiger partial charge in [-0.3, -0.25) is 0 Å². The SMILES string of the molecule is C=N[B][B][B]C. The van der Waals surface area contributed by atoms with E-state index < -0.39 is 0 Å². The number of rotatable bonds is 3. The van der Waals surface area contributed by atoms with Gasteiger partial charge in [-0.1, -0.05) is 0 Å². The van der Waals surface area contributed by atoms with E-state index in [1.54, 1.807) is 7.31 Å². The van der Waals surface area contributed by atoms with Crippen LogP contribution in [0.2, 0.25) is 6.82 Å². The third kappa shape index (κ3) is 3.86. The largest absolute Gasteiger partial charge is 0.375 e. The second kappa shape index (κ2) is 4.86. The van der Waals surface area contributed by atoms with Crippen LogP contribution >= 0.6 is 0 Å². The zero-order valence-corrected chi connectivity index (χ0v) is 3.89. The molecule has 1 nitrogen and oxygen atoms in total. The molecule has 0 aliphatic rings. The number of hydrogen-bond acceptors (Lipinski definition) is 1. The van der Waals surface area contributed by atoms with Gasteiger partial charge in [-0.15, -0.1) is 6.82 Å². The molecule has 0 unspecified atom stereocenters. The molecule has 0 aliphatic carbocycles. The molecule has 0 aromatic rings. The van der Waals surface area contributed by atoms with Crippen LogP contribution in [0, 0.1) is 0 Å². The fourth-order valence-electron chi connectivity index (χ4n) is 0.147. The topological polar surface area (TPSA) is 12.4 Å². The molecule has 4 heteroatoms. The summed E-state index contributed by atoms with van der Waals surface area (Å²) in [7, 11) is 5.36. The van der Waals surface area contributed by atoms with E-state index in [0.29, 0.717) is 0 Å². The molecule has 0 aromatic carbocycles. The van der Waals surface area contributed by atoms with Gasteiger partial charge in [0.2, 0.25) is 7.31 Å². The maximum absolute atomic E-state index is 3.46. The highest BCUT2D eigenvalue weighted by atomic mass is 14.5. The molecule has 0 atom stereocenters. The molecule has 0 spiro atoms. The first-order valence-corrected chi connectivity index (χ1v) is 1.82. The Morgan fingerprint density at radius 2 is 2.33 bits per heavy atom. The van der Waals surface area contributed by atoms with Gasteiger partial charge in [0.25, 0.3) is 0 Å². The van der Waals surface area contributed by atoms with Crippen LogP contribution in [0.25, 0.3) is 0 Å². The summed E-state index contributed by atoms with van der Waals surface area (Å²) in [5, 5.41) is 0. The lowest BCUT2D eigenvalue weighted by molar-refractivity contribution is 1.98. The van der Waals surface area contributed by atoms with Crippen molar-refractivity contribution in [3.8, 4) is 0 Å². The second-order valence-corrected chi connectivity index (χ2v) is 0.857. The molecular formula is C2H5B3N. The van der Waals surface area contributed by atoms with Crippen molar-refractivity contribution >= 4 is 28.3 Å². The molecule has 27 valence electrons. The molecule has 0 aromatic heterocycles. The van der Waals surface area contributed by atoms with Gasteiger partial charge in [-0.25, -0.2) is 0 Å². The zero-order valence-electron chi connectivity index (χ0n) is 3.89. The number of hydrogen-bond donors (Lipinski definition) is 0. The Balaban J connectivity index is 2.49. The Morgan fingerprint density at radius 3 is 2.50 bits per heavy atom. The molecule has 6 heavy (non-hydrogen) atoms. The average molecular weight is 75.5 g/mol. The molecule has 0 saturated carbocycles. The summed E-state index contributed by atoms with van der Waals surface area (Å²) < 4.78 is 0. The Hall–Kier alpha value is -0.135. The van der Waals surface area contributed by atoms with Crippen molar-refractivity contribution in [1.82, 2.24) is 0 Å². The van der Waals surface area contributed by atoms with Gasteiger partial charge >= 0.3 is 0 Å². The van der Waals surface area contributed by atoms with Crippen LogP contribution in [-0.2, 0) is 0 Å². The first-order chi connectivity index (χ1) is 2.91. The van der Waals surface area contributed by atoms with Crippen LogP contribution < -0.4 is 0 Å². The summed E-state index contributed by atoms with van der Waals surface area (Å²) in [6, 6.07) is 0. The van der Waals surface area contributed by atoms with Gasteiger partial charge in [-0.05, 0) is 6.72 Å². The van der Waals surface area contributed by atoms with Crippen molar-refractivity contribution in [2.24, 2.45) is 4.90 Å². The van der Waals surface area contributed by atoms with Crippen LogP contribution in [0.3, 0.4) is 0 Å². The predicted octanol–water partition coefficient (Wildman–Crippen LogP) is -0.407. The standard InChI is InChI=1S/C2H5B3N/c1-3-4-5-6-2/h2H2,1H3. The third-order valence-electron chi connectivity index (χ3n) is 0.384. The van der Waals surface area contributed by atoms with Gasteiger partial charge in [0.15, 0.2) is 0 Å². The summed E-state index contributed by atoms with van der Waals surface area (Å²) in [6.07, 6.45) is 0. The molecule has 3 radical (unpaired) electrons. The molecule has 0 rings (SSSR count). The van der Waals surface area contributed by atoms with Crippen LogP contribution in [0.4, 0.5) is 0 Å². The van der Waals surface area contributed by atoms with Crippen LogP contribution in [0.1, 0.15) is 0 Å². The van der Waals surface area contributed by atoms with Crippen molar-refractivity contribution < 1.29 is 0 Å². The minimum atomic E-state index is 1.64. The molecule has 0 aliphatic heterocycles. The zero-order chi connectivity index (χ0) is 4.83. The summed E-state index contributed by atoms with van der Waals surface area (Å²) in [5.41, 5.74) is 0. The third-order valence-corrected chi connectivity index (χ3v) is 0.384.